The summed E-state index contributed by atoms with van der Waals surface area (Å²) < 4.78 is 18.0. The van der Waals surface area contributed by atoms with Gasteiger partial charge in [0.1, 0.15) is 12.4 Å². The van der Waals surface area contributed by atoms with E-state index in [2.05, 4.69) is 5.32 Å². The molecule has 98 valence electrons. The molecule has 1 rings (SSSR count). The van der Waals surface area contributed by atoms with Crippen molar-refractivity contribution in [2.45, 2.75) is 20.0 Å². The summed E-state index contributed by atoms with van der Waals surface area (Å²) in [5, 5.41) is 11.2. The zero-order valence-corrected chi connectivity index (χ0v) is 10.1. The summed E-state index contributed by atoms with van der Waals surface area (Å²) in [6.07, 6.45) is -0.108. The Balaban J connectivity index is 2.78. The van der Waals surface area contributed by atoms with Crippen LogP contribution in [-0.2, 0) is 9.53 Å². The van der Waals surface area contributed by atoms with E-state index in [0.717, 1.165) is 12.1 Å². The molecule has 0 aliphatic rings. The van der Waals surface area contributed by atoms with Crippen LogP contribution in [0.5, 0.6) is 0 Å². The SMILES string of the molecule is CC(C)OCC(=O)Nc1ccc(F)cc1C(=O)O. The summed E-state index contributed by atoms with van der Waals surface area (Å²) >= 11 is 0. The quantitative estimate of drug-likeness (QED) is 0.842. The van der Waals surface area contributed by atoms with Crippen LogP contribution in [0.4, 0.5) is 10.1 Å². The Bertz CT molecular complexity index is 459. The summed E-state index contributed by atoms with van der Waals surface area (Å²) in [6, 6.07) is 3.12. The largest absolute Gasteiger partial charge is 0.478 e. The number of rotatable bonds is 5. The fourth-order valence-electron chi connectivity index (χ4n) is 1.23. The van der Waals surface area contributed by atoms with Crippen LogP contribution in [0.25, 0.3) is 0 Å². The van der Waals surface area contributed by atoms with E-state index in [1.165, 1.54) is 6.07 Å². The molecule has 0 radical (unpaired) electrons. The first-order chi connectivity index (χ1) is 8.40. The molecule has 0 spiro atoms. The Morgan fingerprint density at radius 1 is 1.44 bits per heavy atom. The molecule has 0 saturated heterocycles. The number of ether oxygens (including phenoxy) is 1. The Labute approximate surface area is 104 Å². The lowest BCUT2D eigenvalue weighted by Crippen LogP contribution is -2.22. The van der Waals surface area contributed by atoms with Gasteiger partial charge in [-0.2, -0.15) is 0 Å². The molecule has 0 aliphatic carbocycles. The van der Waals surface area contributed by atoms with Crippen molar-refractivity contribution < 1.29 is 23.8 Å². The molecule has 0 saturated carbocycles. The van der Waals surface area contributed by atoms with E-state index in [1.807, 2.05) is 0 Å². The molecule has 0 bridgehead atoms. The van der Waals surface area contributed by atoms with E-state index in [0.29, 0.717) is 0 Å². The summed E-state index contributed by atoms with van der Waals surface area (Å²) in [5.41, 5.74) is -0.255. The van der Waals surface area contributed by atoms with E-state index in [1.54, 1.807) is 13.8 Å². The van der Waals surface area contributed by atoms with Gasteiger partial charge in [0, 0.05) is 0 Å². The topological polar surface area (TPSA) is 75.6 Å². The van der Waals surface area contributed by atoms with E-state index in [4.69, 9.17) is 9.84 Å². The van der Waals surface area contributed by atoms with Crippen LogP contribution in [0.3, 0.4) is 0 Å². The standard InChI is InChI=1S/C12H14FNO4/c1-7(2)18-6-11(15)14-10-4-3-8(13)5-9(10)12(16)17/h3-5,7H,6H2,1-2H3,(H,14,15)(H,16,17). The Morgan fingerprint density at radius 2 is 2.11 bits per heavy atom. The second-order valence-corrected chi connectivity index (χ2v) is 3.90. The third-order valence-corrected chi connectivity index (χ3v) is 2.03. The Morgan fingerprint density at radius 3 is 2.67 bits per heavy atom. The number of amides is 1. The number of hydrogen-bond donors (Lipinski definition) is 2. The van der Waals surface area contributed by atoms with Gasteiger partial charge in [-0.15, -0.1) is 0 Å². The maximum atomic E-state index is 12.9. The fraction of sp³-hybridized carbons (Fsp3) is 0.333. The second kappa shape index (κ2) is 6.11. The van der Waals surface area contributed by atoms with Crippen LogP contribution in [0, 0.1) is 5.82 Å². The fourth-order valence-corrected chi connectivity index (χ4v) is 1.23. The third-order valence-electron chi connectivity index (χ3n) is 2.03. The molecule has 2 N–H and O–H groups in total. The van der Waals surface area contributed by atoms with Crippen molar-refractivity contribution in [3.63, 3.8) is 0 Å². The maximum Gasteiger partial charge on any atom is 0.337 e. The lowest BCUT2D eigenvalue weighted by molar-refractivity contribution is -0.121. The van der Waals surface area contributed by atoms with Crippen molar-refractivity contribution in [2.75, 3.05) is 11.9 Å². The average Bonchev–Trinajstić information content (AvgIpc) is 2.28. The van der Waals surface area contributed by atoms with Gasteiger partial charge in [-0.3, -0.25) is 4.79 Å². The van der Waals surface area contributed by atoms with Crippen molar-refractivity contribution in [1.82, 2.24) is 0 Å². The number of benzene rings is 1. The summed E-state index contributed by atoms with van der Waals surface area (Å²) in [5.74, 6) is -2.48. The van der Waals surface area contributed by atoms with Crippen LogP contribution in [0.2, 0.25) is 0 Å². The summed E-state index contributed by atoms with van der Waals surface area (Å²) in [6.45, 7) is 3.36. The molecular formula is C12H14FNO4. The smallest absolute Gasteiger partial charge is 0.337 e. The van der Waals surface area contributed by atoms with Crippen LogP contribution < -0.4 is 5.32 Å². The van der Waals surface area contributed by atoms with Gasteiger partial charge in [0.05, 0.1) is 17.4 Å². The summed E-state index contributed by atoms with van der Waals surface area (Å²) in [7, 11) is 0. The molecular weight excluding hydrogens is 241 g/mol. The first kappa shape index (κ1) is 14.1. The van der Waals surface area contributed by atoms with E-state index < -0.39 is 17.7 Å². The van der Waals surface area contributed by atoms with E-state index in [9.17, 15) is 14.0 Å². The molecule has 0 heterocycles. The molecule has 6 heteroatoms. The molecule has 0 aromatic heterocycles. The number of carbonyl (C=O) groups excluding carboxylic acids is 1. The number of anilines is 1. The van der Waals surface area contributed by atoms with Crippen LogP contribution in [0.1, 0.15) is 24.2 Å². The van der Waals surface area contributed by atoms with Gasteiger partial charge < -0.3 is 15.2 Å². The molecule has 0 atom stereocenters. The lowest BCUT2D eigenvalue weighted by atomic mass is 10.1. The highest BCUT2D eigenvalue weighted by Crippen LogP contribution is 2.17. The van der Waals surface area contributed by atoms with Gasteiger partial charge in [-0.25, -0.2) is 9.18 Å². The lowest BCUT2D eigenvalue weighted by Gasteiger charge is -2.10. The van der Waals surface area contributed by atoms with Gasteiger partial charge >= 0.3 is 5.97 Å². The number of carboxylic acid groups (broad SMARTS) is 1. The predicted molar refractivity (Wildman–Crippen MR) is 63.1 cm³/mol. The highest BCUT2D eigenvalue weighted by Gasteiger charge is 2.13. The Kier molecular flexibility index (Phi) is 4.79. The average molecular weight is 255 g/mol. The monoisotopic (exact) mass is 255 g/mol. The maximum absolute atomic E-state index is 12.9. The van der Waals surface area contributed by atoms with Crippen molar-refractivity contribution in [3.05, 3.63) is 29.6 Å². The molecule has 1 aromatic carbocycles. The molecule has 1 aromatic rings. The molecule has 0 aliphatic heterocycles. The molecule has 0 unspecified atom stereocenters. The minimum Gasteiger partial charge on any atom is -0.478 e. The molecule has 5 nitrogen and oxygen atoms in total. The highest BCUT2D eigenvalue weighted by atomic mass is 19.1. The van der Waals surface area contributed by atoms with Gasteiger partial charge in [0.15, 0.2) is 0 Å². The number of carboxylic acids is 1. The number of carbonyl (C=O) groups is 2. The van der Waals surface area contributed by atoms with Crippen molar-refractivity contribution in [1.29, 1.82) is 0 Å². The van der Waals surface area contributed by atoms with Gasteiger partial charge in [-0.1, -0.05) is 0 Å². The predicted octanol–water partition coefficient (Wildman–Crippen LogP) is 1.89. The number of nitrogens with one attached hydrogen (secondary N) is 1. The highest BCUT2D eigenvalue weighted by molar-refractivity contribution is 6.00. The van der Waals surface area contributed by atoms with Crippen molar-refractivity contribution in [3.8, 4) is 0 Å². The normalized spacial score (nSPS) is 10.4. The van der Waals surface area contributed by atoms with E-state index in [-0.39, 0.29) is 24.0 Å². The first-order valence-electron chi connectivity index (χ1n) is 5.34. The number of hydrogen-bond acceptors (Lipinski definition) is 3. The molecule has 0 fully saturated rings. The van der Waals surface area contributed by atoms with Gasteiger partial charge in [0.2, 0.25) is 5.91 Å². The van der Waals surface area contributed by atoms with Crippen LogP contribution in [-0.4, -0.2) is 29.7 Å². The minimum atomic E-state index is -1.31. The summed E-state index contributed by atoms with van der Waals surface area (Å²) in [4.78, 5) is 22.3. The van der Waals surface area contributed by atoms with Gasteiger partial charge in [-0.05, 0) is 32.0 Å². The first-order valence-corrected chi connectivity index (χ1v) is 5.34. The second-order valence-electron chi connectivity index (χ2n) is 3.90. The molecule has 1 amide bonds. The number of aromatic carboxylic acids is 1. The third kappa shape index (κ3) is 4.14. The van der Waals surface area contributed by atoms with Crippen molar-refractivity contribution >= 4 is 17.6 Å². The van der Waals surface area contributed by atoms with E-state index >= 15 is 0 Å². The zero-order chi connectivity index (χ0) is 13.7. The molecule has 18 heavy (non-hydrogen) atoms. The minimum absolute atomic E-state index is 0.0428. The Hall–Kier alpha value is -1.95. The van der Waals surface area contributed by atoms with Gasteiger partial charge in [0.25, 0.3) is 0 Å². The van der Waals surface area contributed by atoms with Crippen LogP contribution >= 0.6 is 0 Å². The zero-order valence-electron chi connectivity index (χ0n) is 10.1. The van der Waals surface area contributed by atoms with Crippen LogP contribution in [0.15, 0.2) is 18.2 Å². The van der Waals surface area contributed by atoms with Crippen molar-refractivity contribution in [2.24, 2.45) is 0 Å². The number of halogens is 1.